The van der Waals surface area contributed by atoms with Crippen molar-refractivity contribution in [1.82, 2.24) is 4.98 Å². The Morgan fingerprint density at radius 2 is 1.97 bits per heavy atom. The summed E-state index contributed by atoms with van der Waals surface area (Å²) in [5, 5.41) is 11.7. The van der Waals surface area contributed by atoms with Crippen molar-refractivity contribution < 1.29 is 47.9 Å². The Bertz CT molecular complexity index is 1130. The number of fused-ring (bicyclic) bond motifs is 1. The maximum Gasteiger partial charge on any atom is 0.303 e. The van der Waals surface area contributed by atoms with E-state index in [0.29, 0.717) is 41.9 Å². The predicted octanol–water partition coefficient (Wildman–Crippen LogP) is 2.67. The molecule has 1 fully saturated rings. The number of nitrogens with zero attached hydrogens (tertiary/aromatic N) is 1. The third kappa shape index (κ3) is 6.77. The molecule has 0 radical (unpaired) electrons. The van der Waals surface area contributed by atoms with Gasteiger partial charge in [0.15, 0.2) is 6.79 Å². The third-order valence-corrected chi connectivity index (χ3v) is 7.37. The molecule has 1 aromatic heterocycles. The van der Waals surface area contributed by atoms with Crippen LogP contribution in [0.15, 0.2) is 41.9 Å². The highest BCUT2D eigenvalue weighted by Gasteiger charge is 2.57. The second-order valence-corrected chi connectivity index (χ2v) is 10.3. The lowest BCUT2D eigenvalue weighted by Crippen LogP contribution is -2.60. The van der Waals surface area contributed by atoms with Gasteiger partial charge in [0.2, 0.25) is 0 Å². The zero-order valence-corrected chi connectivity index (χ0v) is 22.6. The van der Waals surface area contributed by atoms with Gasteiger partial charge in [0.05, 0.1) is 12.7 Å². The molecule has 212 valence electrons. The van der Waals surface area contributed by atoms with Crippen LogP contribution in [-0.4, -0.2) is 71.9 Å². The molecule has 0 spiro atoms. The van der Waals surface area contributed by atoms with Crippen molar-refractivity contribution in [2.75, 3.05) is 20.0 Å². The molecule has 3 aliphatic rings. The monoisotopic (exact) mass is 545 g/mol. The van der Waals surface area contributed by atoms with E-state index in [2.05, 4.69) is 4.98 Å². The van der Waals surface area contributed by atoms with Gasteiger partial charge in [0.25, 0.3) is 0 Å². The molecule has 6 atom stereocenters. The average molecular weight is 546 g/mol. The number of allylic oxidation sites excluding steroid dienone is 1. The molecule has 39 heavy (non-hydrogen) atoms. The summed E-state index contributed by atoms with van der Waals surface area (Å²) in [5.74, 6) is -1.20. The lowest BCUT2D eigenvalue weighted by molar-refractivity contribution is -0.207. The average Bonchev–Trinajstić information content (AvgIpc) is 2.85. The normalized spacial score (nSPS) is 30.4. The van der Waals surface area contributed by atoms with Gasteiger partial charge in [0.1, 0.15) is 35.9 Å². The quantitative estimate of drug-likeness (QED) is 0.399. The first-order valence-electron chi connectivity index (χ1n) is 13.0. The van der Waals surface area contributed by atoms with Gasteiger partial charge in [-0.3, -0.25) is 19.4 Å². The van der Waals surface area contributed by atoms with Crippen molar-refractivity contribution in [3.05, 3.63) is 47.5 Å². The standard InChI is InChI=1S/C28H35NO10/c1-16(30)35-13-21(37-17(2)31)8-19-9-23-27(33)22-14-34-15-36-24(20-6-5-7-29-12-20)11-25(22)39-28(23,4)26(10-19)38-18(3)32/h5-7,11-12,19,21,23,26-27,33H,8-10,13-15H2,1-4H3/b24-11-/t19?,21-,23-,26+,27+,28+/m0/s1. The Morgan fingerprint density at radius 1 is 1.18 bits per heavy atom. The molecular weight excluding hydrogens is 510 g/mol. The lowest BCUT2D eigenvalue weighted by atomic mass is 9.64. The molecule has 1 saturated carbocycles. The Morgan fingerprint density at radius 3 is 2.64 bits per heavy atom. The molecule has 1 N–H and O–H groups in total. The molecule has 1 aliphatic carbocycles. The first-order chi connectivity index (χ1) is 18.6. The molecular formula is C28H35NO10. The molecule has 0 bridgehead atoms. The Labute approximate surface area is 227 Å². The van der Waals surface area contributed by atoms with Gasteiger partial charge in [-0.1, -0.05) is 0 Å². The SMILES string of the molecule is CC(=O)OC[C@H](CC1C[C@@H](OC(C)=O)[C@]2(C)OC3=C(COCO/C(c4cccnc4)=C\3)[C@@H](O)[C@@H]2C1)OC(C)=O. The van der Waals surface area contributed by atoms with Crippen molar-refractivity contribution in [2.45, 2.75) is 70.9 Å². The van der Waals surface area contributed by atoms with Crippen molar-refractivity contribution in [2.24, 2.45) is 11.8 Å². The van der Waals surface area contributed by atoms with E-state index in [1.54, 1.807) is 24.5 Å². The Balaban J connectivity index is 1.66. The minimum Gasteiger partial charge on any atom is -0.483 e. The number of hydrogen-bond acceptors (Lipinski definition) is 11. The van der Waals surface area contributed by atoms with Crippen LogP contribution in [0.5, 0.6) is 0 Å². The first-order valence-corrected chi connectivity index (χ1v) is 13.0. The number of esters is 3. The number of hydrogen-bond donors (Lipinski definition) is 1. The van der Waals surface area contributed by atoms with Gasteiger partial charge in [-0.2, -0.15) is 0 Å². The van der Waals surface area contributed by atoms with Crippen LogP contribution >= 0.6 is 0 Å². The van der Waals surface area contributed by atoms with Crippen LogP contribution in [-0.2, 0) is 42.8 Å². The second-order valence-electron chi connectivity index (χ2n) is 10.3. The van der Waals surface area contributed by atoms with Gasteiger partial charge >= 0.3 is 17.9 Å². The molecule has 0 aromatic carbocycles. The minimum absolute atomic E-state index is 0.0227. The number of aromatic nitrogens is 1. The van der Waals surface area contributed by atoms with Crippen molar-refractivity contribution in [3.63, 3.8) is 0 Å². The molecule has 1 unspecified atom stereocenters. The van der Waals surface area contributed by atoms with E-state index in [-0.39, 0.29) is 25.9 Å². The van der Waals surface area contributed by atoms with E-state index in [1.165, 1.54) is 20.8 Å². The van der Waals surface area contributed by atoms with Gasteiger partial charge in [-0.05, 0) is 44.2 Å². The van der Waals surface area contributed by atoms with E-state index >= 15 is 0 Å². The number of pyridine rings is 1. The summed E-state index contributed by atoms with van der Waals surface area (Å²) in [7, 11) is 0. The highest BCUT2D eigenvalue weighted by molar-refractivity contribution is 5.67. The number of aliphatic hydroxyl groups is 1. The number of carbonyl (C=O) groups excluding carboxylic acids is 3. The summed E-state index contributed by atoms with van der Waals surface area (Å²) in [4.78, 5) is 39.4. The molecule has 3 heterocycles. The summed E-state index contributed by atoms with van der Waals surface area (Å²) >= 11 is 0. The second kappa shape index (κ2) is 12.2. The molecule has 11 nitrogen and oxygen atoms in total. The lowest BCUT2D eigenvalue weighted by Gasteiger charge is -2.53. The van der Waals surface area contributed by atoms with Crippen LogP contribution in [0.25, 0.3) is 5.76 Å². The van der Waals surface area contributed by atoms with E-state index in [0.717, 1.165) is 0 Å². The first kappa shape index (κ1) is 28.6. The van der Waals surface area contributed by atoms with Crippen LogP contribution in [0, 0.1) is 11.8 Å². The topological polar surface area (TPSA) is 140 Å². The van der Waals surface area contributed by atoms with Crippen LogP contribution in [0.4, 0.5) is 0 Å². The number of carbonyl (C=O) groups is 3. The fraction of sp³-hybridized carbons (Fsp3) is 0.571. The van der Waals surface area contributed by atoms with E-state index < -0.39 is 47.7 Å². The van der Waals surface area contributed by atoms with E-state index in [1.807, 2.05) is 13.0 Å². The number of ether oxygens (including phenoxy) is 6. The largest absolute Gasteiger partial charge is 0.483 e. The zero-order valence-electron chi connectivity index (χ0n) is 22.6. The van der Waals surface area contributed by atoms with Gasteiger partial charge < -0.3 is 33.5 Å². The zero-order chi connectivity index (χ0) is 28.2. The van der Waals surface area contributed by atoms with Gasteiger partial charge in [-0.25, -0.2) is 0 Å². The van der Waals surface area contributed by atoms with Gasteiger partial charge in [0, 0.05) is 56.3 Å². The molecule has 4 rings (SSSR count). The van der Waals surface area contributed by atoms with Crippen molar-refractivity contribution in [3.8, 4) is 0 Å². The Hall–Kier alpha value is -3.44. The molecule has 0 saturated heterocycles. The molecule has 0 amide bonds. The molecule has 2 aliphatic heterocycles. The van der Waals surface area contributed by atoms with Crippen LogP contribution < -0.4 is 0 Å². The van der Waals surface area contributed by atoms with Crippen molar-refractivity contribution >= 4 is 23.7 Å². The fourth-order valence-electron chi connectivity index (χ4n) is 5.64. The van der Waals surface area contributed by atoms with E-state index in [9.17, 15) is 19.5 Å². The van der Waals surface area contributed by atoms with Crippen LogP contribution in [0.3, 0.4) is 0 Å². The summed E-state index contributed by atoms with van der Waals surface area (Å²) in [6, 6.07) is 3.62. The third-order valence-electron chi connectivity index (χ3n) is 7.37. The fourth-order valence-corrected chi connectivity index (χ4v) is 5.64. The predicted molar refractivity (Wildman–Crippen MR) is 135 cm³/mol. The maximum atomic E-state index is 12.1. The summed E-state index contributed by atoms with van der Waals surface area (Å²) < 4.78 is 34.3. The highest BCUT2D eigenvalue weighted by Crippen LogP contribution is 2.50. The molecule has 11 heteroatoms. The summed E-state index contributed by atoms with van der Waals surface area (Å²) in [5.41, 5.74) is 0.203. The number of aliphatic hydroxyl groups excluding tert-OH is 1. The van der Waals surface area contributed by atoms with E-state index in [4.69, 9.17) is 28.4 Å². The highest BCUT2D eigenvalue weighted by atomic mass is 16.7. The number of rotatable bonds is 7. The minimum atomic E-state index is -1.07. The maximum absolute atomic E-state index is 12.1. The van der Waals surface area contributed by atoms with Crippen molar-refractivity contribution in [1.29, 1.82) is 0 Å². The Kier molecular flexibility index (Phi) is 8.91. The smallest absolute Gasteiger partial charge is 0.303 e. The summed E-state index contributed by atoms with van der Waals surface area (Å²) in [6.45, 7) is 5.71. The molecule has 1 aromatic rings. The van der Waals surface area contributed by atoms with Crippen LogP contribution in [0.2, 0.25) is 0 Å². The van der Waals surface area contributed by atoms with Crippen LogP contribution in [0.1, 0.15) is 52.5 Å². The summed E-state index contributed by atoms with van der Waals surface area (Å²) in [6.07, 6.45) is 3.90. The van der Waals surface area contributed by atoms with Gasteiger partial charge in [-0.15, -0.1) is 0 Å².